The number of nitro benzene ring substituents is 1. The number of nitrogens with two attached hydrogens (primary N) is 1. The van der Waals surface area contributed by atoms with Crippen molar-refractivity contribution in [2.45, 2.75) is 26.2 Å². The molecule has 0 spiro atoms. The Morgan fingerprint density at radius 2 is 1.84 bits per heavy atom. The van der Waals surface area contributed by atoms with Crippen LogP contribution in [-0.4, -0.2) is 19.9 Å². The first-order valence-corrected chi connectivity index (χ1v) is 5.77. The van der Waals surface area contributed by atoms with Gasteiger partial charge in [-0.05, 0) is 12.1 Å². The van der Waals surface area contributed by atoms with E-state index >= 15 is 0 Å². The van der Waals surface area contributed by atoms with Gasteiger partial charge in [0.15, 0.2) is 5.82 Å². The number of rotatable bonds is 2. The highest BCUT2D eigenvalue weighted by Crippen LogP contribution is 2.28. The third-order valence-corrected chi connectivity index (χ3v) is 2.71. The highest BCUT2D eigenvalue weighted by molar-refractivity contribution is 5.46. The van der Waals surface area contributed by atoms with Crippen molar-refractivity contribution >= 4 is 11.5 Å². The Kier molecular flexibility index (Phi) is 2.97. The number of benzene rings is 1. The minimum atomic E-state index is -0.440. The van der Waals surface area contributed by atoms with E-state index < -0.39 is 4.92 Å². The zero-order valence-electron chi connectivity index (χ0n) is 11.0. The molecule has 100 valence electrons. The molecule has 7 nitrogen and oxygen atoms in total. The molecule has 1 heterocycles. The van der Waals surface area contributed by atoms with Crippen LogP contribution in [-0.2, 0) is 5.41 Å². The van der Waals surface area contributed by atoms with E-state index in [1.54, 1.807) is 16.8 Å². The molecular weight excluding hydrogens is 246 g/mol. The van der Waals surface area contributed by atoms with Crippen LogP contribution in [0.25, 0.3) is 5.69 Å². The van der Waals surface area contributed by atoms with Crippen molar-refractivity contribution in [2.75, 3.05) is 5.73 Å². The lowest BCUT2D eigenvalue weighted by Gasteiger charge is -2.19. The average Bonchev–Trinajstić information content (AvgIpc) is 2.71. The van der Waals surface area contributed by atoms with Crippen molar-refractivity contribution in [3.8, 4) is 5.69 Å². The Morgan fingerprint density at radius 3 is 2.32 bits per heavy atom. The normalized spacial score (nSPS) is 11.5. The van der Waals surface area contributed by atoms with Crippen molar-refractivity contribution in [3.63, 3.8) is 0 Å². The predicted molar refractivity (Wildman–Crippen MR) is 71.1 cm³/mol. The van der Waals surface area contributed by atoms with Crippen LogP contribution in [0.4, 0.5) is 11.5 Å². The second kappa shape index (κ2) is 4.34. The monoisotopic (exact) mass is 261 g/mol. The largest absolute Gasteiger partial charge is 0.381 e. The minimum Gasteiger partial charge on any atom is -0.381 e. The molecule has 2 N–H and O–H groups in total. The highest BCUT2D eigenvalue weighted by Gasteiger charge is 2.25. The maximum atomic E-state index is 10.6. The topological polar surface area (TPSA) is 99.9 Å². The van der Waals surface area contributed by atoms with Crippen LogP contribution < -0.4 is 5.73 Å². The Hall–Kier alpha value is -2.44. The summed E-state index contributed by atoms with van der Waals surface area (Å²) in [5.74, 6) is 0.367. The summed E-state index contributed by atoms with van der Waals surface area (Å²) >= 11 is 0. The number of nitrogens with zero attached hydrogens (tertiary/aromatic N) is 4. The fourth-order valence-electron chi connectivity index (χ4n) is 1.89. The van der Waals surface area contributed by atoms with Crippen molar-refractivity contribution < 1.29 is 4.92 Å². The van der Waals surface area contributed by atoms with Gasteiger partial charge in [-0.1, -0.05) is 26.0 Å². The Morgan fingerprint density at radius 1 is 1.26 bits per heavy atom. The molecule has 0 aliphatic heterocycles. The number of nitro groups is 1. The lowest BCUT2D eigenvalue weighted by Crippen LogP contribution is -2.19. The molecule has 0 saturated carbocycles. The van der Waals surface area contributed by atoms with Crippen molar-refractivity contribution in [3.05, 3.63) is 40.1 Å². The van der Waals surface area contributed by atoms with Gasteiger partial charge in [0.25, 0.3) is 5.69 Å². The van der Waals surface area contributed by atoms with Gasteiger partial charge in [0.2, 0.25) is 0 Å². The Bertz CT molecular complexity index is 610. The van der Waals surface area contributed by atoms with Crippen LogP contribution in [0, 0.1) is 10.1 Å². The number of nitrogen functional groups attached to an aromatic ring is 1. The first kappa shape index (κ1) is 13.0. The molecule has 0 fully saturated rings. The van der Waals surface area contributed by atoms with Crippen LogP contribution in [0.15, 0.2) is 24.3 Å². The number of hydrogen-bond donors (Lipinski definition) is 1. The van der Waals surface area contributed by atoms with Gasteiger partial charge in [-0.25, -0.2) is 4.68 Å². The summed E-state index contributed by atoms with van der Waals surface area (Å²) in [4.78, 5) is 10.2. The summed E-state index contributed by atoms with van der Waals surface area (Å²) in [5.41, 5.74) is 7.12. The van der Waals surface area contributed by atoms with Gasteiger partial charge in [-0.15, -0.1) is 5.10 Å². The summed E-state index contributed by atoms with van der Waals surface area (Å²) in [7, 11) is 0. The highest BCUT2D eigenvalue weighted by atomic mass is 16.6. The van der Waals surface area contributed by atoms with Crippen LogP contribution in [0.5, 0.6) is 0 Å². The van der Waals surface area contributed by atoms with E-state index in [9.17, 15) is 10.1 Å². The lowest BCUT2D eigenvalue weighted by molar-refractivity contribution is -0.384. The standard InChI is InChI=1S/C12H15N5O2/c1-12(2,3)10-11(13)14-15-16(10)8-4-6-9(7-5-8)17(18)19/h4-7H,13H2,1-3H3. The van der Waals surface area contributed by atoms with Crippen molar-refractivity contribution in [1.29, 1.82) is 0 Å². The first-order valence-electron chi connectivity index (χ1n) is 5.77. The van der Waals surface area contributed by atoms with Gasteiger partial charge in [-0.2, -0.15) is 0 Å². The van der Waals surface area contributed by atoms with Crippen LogP contribution in [0.2, 0.25) is 0 Å². The molecular formula is C12H15N5O2. The van der Waals surface area contributed by atoms with E-state index in [0.717, 1.165) is 5.69 Å². The molecule has 0 saturated heterocycles. The molecule has 7 heteroatoms. The van der Waals surface area contributed by atoms with Gasteiger partial charge >= 0.3 is 0 Å². The molecule has 0 atom stereocenters. The molecule has 0 radical (unpaired) electrons. The summed E-state index contributed by atoms with van der Waals surface area (Å²) in [6.07, 6.45) is 0. The fourth-order valence-corrected chi connectivity index (χ4v) is 1.89. The van der Waals surface area contributed by atoms with E-state index in [1.807, 2.05) is 20.8 Å². The smallest absolute Gasteiger partial charge is 0.269 e. The van der Waals surface area contributed by atoms with Gasteiger partial charge in [0, 0.05) is 17.5 Å². The molecule has 2 aromatic rings. The molecule has 1 aromatic carbocycles. The zero-order valence-corrected chi connectivity index (χ0v) is 11.0. The zero-order chi connectivity index (χ0) is 14.2. The number of anilines is 1. The maximum absolute atomic E-state index is 10.6. The van der Waals surface area contributed by atoms with Crippen LogP contribution in [0.3, 0.4) is 0 Å². The molecule has 0 aliphatic rings. The molecule has 0 unspecified atom stereocenters. The summed E-state index contributed by atoms with van der Waals surface area (Å²) in [6.45, 7) is 6.01. The summed E-state index contributed by atoms with van der Waals surface area (Å²) in [6, 6.07) is 6.11. The quantitative estimate of drug-likeness (QED) is 0.658. The lowest BCUT2D eigenvalue weighted by atomic mass is 9.91. The van der Waals surface area contributed by atoms with E-state index in [2.05, 4.69) is 10.3 Å². The Balaban J connectivity index is 2.51. The van der Waals surface area contributed by atoms with E-state index in [-0.39, 0.29) is 11.1 Å². The van der Waals surface area contributed by atoms with E-state index in [1.165, 1.54) is 12.1 Å². The van der Waals surface area contributed by atoms with Crippen LogP contribution >= 0.6 is 0 Å². The Labute approximate surface area is 110 Å². The molecule has 19 heavy (non-hydrogen) atoms. The van der Waals surface area contributed by atoms with Gasteiger partial charge < -0.3 is 5.73 Å². The van der Waals surface area contributed by atoms with Gasteiger partial charge in [0.05, 0.1) is 16.3 Å². The number of aromatic nitrogens is 3. The minimum absolute atomic E-state index is 0.0362. The first-order chi connectivity index (χ1) is 8.80. The van der Waals surface area contributed by atoms with E-state index in [0.29, 0.717) is 11.5 Å². The van der Waals surface area contributed by atoms with E-state index in [4.69, 9.17) is 5.73 Å². The molecule has 2 rings (SSSR count). The van der Waals surface area contributed by atoms with Gasteiger partial charge in [-0.3, -0.25) is 10.1 Å². The van der Waals surface area contributed by atoms with Crippen LogP contribution in [0.1, 0.15) is 26.5 Å². The molecule has 0 aliphatic carbocycles. The molecule has 0 amide bonds. The fraction of sp³-hybridized carbons (Fsp3) is 0.333. The number of hydrogen-bond acceptors (Lipinski definition) is 5. The average molecular weight is 261 g/mol. The summed E-state index contributed by atoms with van der Waals surface area (Å²) < 4.78 is 1.61. The van der Waals surface area contributed by atoms with Gasteiger partial charge in [0.1, 0.15) is 0 Å². The number of non-ortho nitro benzene ring substituents is 1. The SMILES string of the molecule is CC(C)(C)c1c(N)nnn1-c1ccc([N+](=O)[O-])cc1. The molecule has 0 bridgehead atoms. The predicted octanol–water partition coefficient (Wildman–Crippen LogP) is 2.06. The maximum Gasteiger partial charge on any atom is 0.269 e. The molecule has 1 aromatic heterocycles. The van der Waals surface area contributed by atoms with Crippen molar-refractivity contribution in [2.24, 2.45) is 0 Å². The third kappa shape index (κ3) is 2.40. The second-order valence-corrected chi connectivity index (χ2v) is 5.26. The second-order valence-electron chi connectivity index (χ2n) is 5.26. The van der Waals surface area contributed by atoms with Crippen molar-refractivity contribution in [1.82, 2.24) is 15.0 Å². The third-order valence-electron chi connectivity index (χ3n) is 2.71. The summed E-state index contributed by atoms with van der Waals surface area (Å²) in [5, 5.41) is 18.5.